The molecule has 2 aromatic rings. The Morgan fingerprint density at radius 2 is 1.74 bits per heavy atom. The van der Waals surface area contributed by atoms with Crippen LogP contribution >= 0.6 is 0 Å². The largest absolute Gasteiger partial charge is 0.456 e. The van der Waals surface area contributed by atoms with E-state index in [9.17, 15) is 39.9 Å². The lowest BCUT2D eigenvalue weighted by atomic mass is 9.91. The first kappa shape index (κ1) is 39.6. The van der Waals surface area contributed by atoms with Crippen molar-refractivity contribution < 1.29 is 68.7 Å². The number of hydrogen-bond donors (Lipinski definition) is 8. The van der Waals surface area contributed by atoms with E-state index in [-0.39, 0.29) is 37.3 Å². The highest BCUT2D eigenvalue weighted by Gasteiger charge is 2.55. The maximum absolute atomic E-state index is 13.7. The zero-order valence-corrected chi connectivity index (χ0v) is 29.5. The van der Waals surface area contributed by atoms with Gasteiger partial charge >= 0.3 is 5.97 Å². The third-order valence-electron chi connectivity index (χ3n) is 9.87. The third-order valence-corrected chi connectivity index (χ3v) is 9.87. The molecular weight excluding hydrogens is 708 g/mol. The number of ether oxygens (including phenoxy) is 5. The molecule has 4 aliphatic rings. The van der Waals surface area contributed by atoms with Crippen LogP contribution in [-0.4, -0.2) is 142 Å². The number of fused-ring (bicyclic) bond motifs is 2. The van der Waals surface area contributed by atoms with Crippen LogP contribution in [0.15, 0.2) is 66.3 Å². The summed E-state index contributed by atoms with van der Waals surface area (Å²) in [5.74, 6) is -3.09. The van der Waals surface area contributed by atoms with Crippen molar-refractivity contribution in [3.05, 3.63) is 88.5 Å². The molecule has 0 radical (unpaired) electrons. The molecule has 10 atom stereocenters. The van der Waals surface area contributed by atoms with Crippen molar-refractivity contribution in [1.29, 1.82) is 0 Å². The summed E-state index contributed by atoms with van der Waals surface area (Å²) in [7, 11) is 0. The molecule has 8 N–H and O–H groups in total. The fourth-order valence-corrected chi connectivity index (χ4v) is 7.11. The summed E-state index contributed by atoms with van der Waals surface area (Å²) in [6, 6.07) is 13.0. The van der Waals surface area contributed by atoms with Crippen LogP contribution in [0, 0.1) is 0 Å². The summed E-state index contributed by atoms with van der Waals surface area (Å²) in [6.07, 6.45) is -5.14. The van der Waals surface area contributed by atoms with Crippen LogP contribution in [0.1, 0.15) is 40.4 Å². The Labute approximate surface area is 310 Å². The molecule has 0 bridgehead atoms. The Hall–Kier alpha value is -4.07. The highest BCUT2D eigenvalue weighted by atomic mass is 16.8. The number of hydrogen-bond acceptors (Lipinski definition) is 14. The van der Waals surface area contributed by atoms with Crippen LogP contribution in [0.2, 0.25) is 0 Å². The molecule has 2 aromatic carbocycles. The zero-order valence-electron chi connectivity index (χ0n) is 29.5. The van der Waals surface area contributed by atoms with E-state index in [2.05, 4.69) is 10.6 Å². The SMILES string of the molecule is C[C@H](O)[C@@H](NC(=O)C1=C[C@H]2OC3(Cc4ccccc4C3)O[C@H]2[C@H](OC(=O)c2cccc(C=CCO[C@H]3O[C@H](CO)[C@H](O)[C@H](O)[C@H]3O)c2)C1)C(=O)NCCO. The van der Waals surface area contributed by atoms with E-state index < -0.39 is 91.3 Å². The van der Waals surface area contributed by atoms with Gasteiger partial charge in [0.25, 0.3) is 0 Å². The van der Waals surface area contributed by atoms with E-state index in [4.69, 9.17) is 28.8 Å². The Morgan fingerprint density at radius 1 is 1.00 bits per heavy atom. The molecule has 2 fully saturated rings. The van der Waals surface area contributed by atoms with Crippen molar-refractivity contribution in [1.82, 2.24) is 10.6 Å². The van der Waals surface area contributed by atoms with Gasteiger partial charge in [0, 0.05) is 31.4 Å². The Bertz CT molecular complexity index is 1700. The Balaban J connectivity index is 1.15. The van der Waals surface area contributed by atoms with E-state index in [0.29, 0.717) is 18.4 Å². The molecule has 1 spiro atoms. The molecule has 2 amide bonds. The molecule has 54 heavy (non-hydrogen) atoms. The number of rotatable bonds is 13. The van der Waals surface area contributed by atoms with Gasteiger partial charge in [-0.1, -0.05) is 48.6 Å². The van der Waals surface area contributed by atoms with Crippen molar-refractivity contribution in [2.75, 3.05) is 26.4 Å². The fourth-order valence-electron chi connectivity index (χ4n) is 7.11. The molecule has 2 heterocycles. The number of carbonyl (C=O) groups is 3. The highest BCUT2D eigenvalue weighted by molar-refractivity contribution is 5.97. The third kappa shape index (κ3) is 8.74. The molecule has 2 saturated heterocycles. The second-order valence-corrected chi connectivity index (χ2v) is 13.8. The number of aliphatic hydroxyl groups is 6. The van der Waals surface area contributed by atoms with Gasteiger partial charge in [-0.2, -0.15) is 0 Å². The number of aliphatic hydroxyl groups excluding tert-OH is 6. The van der Waals surface area contributed by atoms with Crippen LogP contribution in [-0.2, 0) is 46.1 Å². The standard InChI is InChI=1S/C38H46N2O14/c1-20(43)29(35(48)39-11-12-41)40-34(47)25-15-26(33-27(16-25)53-38(54-33)17-23-8-2-3-9-24(23)18-38)51-36(49)22-10-4-6-21(14-22)7-5-13-50-37-32(46)31(45)30(44)28(19-42)52-37/h2-10,14,16,20,26-33,37,41-46H,11-13,15,17-19H2,1H3,(H,39,48)(H,40,47)/t20-,26+,27+,28+,29+,30-,31-,32+,33-,37-/m0/s1. The van der Waals surface area contributed by atoms with Gasteiger partial charge in [0.15, 0.2) is 12.1 Å². The number of carbonyl (C=O) groups excluding carboxylic acids is 3. The lowest BCUT2D eigenvalue weighted by Gasteiger charge is -2.39. The monoisotopic (exact) mass is 754 g/mol. The van der Waals surface area contributed by atoms with Crippen molar-refractivity contribution in [3.8, 4) is 0 Å². The molecule has 6 rings (SSSR count). The molecule has 16 nitrogen and oxygen atoms in total. The topological polar surface area (TPSA) is 243 Å². The van der Waals surface area contributed by atoms with Gasteiger partial charge in [0.05, 0.1) is 31.5 Å². The summed E-state index contributed by atoms with van der Waals surface area (Å²) in [4.78, 5) is 39.9. The summed E-state index contributed by atoms with van der Waals surface area (Å²) < 4.78 is 29.9. The highest BCUT2D eigenvalue weighted by Crippen LogP contribution is 2.45. The van der Waals surface area contributed by atoms with E-state index in [0.717, 1.165) is 11.1 Å². The summed E-state index contributed by atoms with van der Waals surface area (Å²) in [5, 5.41) is 63.9. The molecule has 292 valence electrons. The van der Waals surface area contributed by atoms with E-state index >= 15 is 0 Å². The number of esters is 1. The molecule has 16 heteroatoms. The maximum atomic E-state index is 13.7. The molecule has 2 aliphatic carbocycles. The van der Waals surface area contributed by atoms with Crippen LogP contribution in [0.4, 0.5) is 0 Å². The predicted octanol–water partition coefficient (Wildman–Crippen LogP) is -1.37. The number of amides is 2. The van der Waals surface area contributed by atoms with Gasteiger partial charge in [0.2, 0.25) is 11.8 Å². The van der Waals surface area contributed by atoms with Gasteiger partial charge in [-0.05, 0) is 41.8 Å². The number of benzene rings is 2. The second kappa shape index (κ2) is 17.2. The average Bonchev–Trinajstić information content (AvgIpc) is 3.72. The fraction of sp³-hybridized carbons (Fsp3) is 0.500. The summed E-state index contributed by atoms with van der Waals surface area (Å²) in [5.41, 5.74) is 3.07. The van der Waals surface area contributed by atoms with Crippen molar-refractivity contribution in [2.24, 2.45) is 0 Å². The lowest BCUT2D eigenvalue weighted by molar-refractivity contribution is -0.298. The summed E-state index contributed by atoms with van der Waals surface area (Å²) in [6.45, 7) is 0.298. The van der Waals surface area contributed by atoms with Crippen molar-refractivity contribution in [2.45, 2.75) is 93.1 Å². The van der Waals surface area contributed by atoms with Crippen molar-refractivity contribution >= 4 is 23.9 Å². The van der Waals surface area contributed by atoms with E-state index in [1.807, 2.05) is 24.3 Å². The first-order valence-corrected chi connectivity index (χ1v) is 17.8. The van der Waals surface area contributed by atoms with Crippen LogP contribution in [0.3, 0.4) is 0 Å². The van der Waals surface area contributed by atoms with Crippen LogP contribution < -0.4 is 10.6 Å². The first-order valence-electron chi connectivity index (χ1n) is 17.8. The van der Waals surface area contributed by atoms with E-state index in [1.54, 1.807) is 42.5 Å². The van der Waals surface area contributed by atoms with Gasteiger partial charge in [-0.15, -0.1) is 0 Å². The molecular formula is C38H46N2O14. The molecule has 0 saturated carbocycles. The molecule has 0 unspecified atom stereocenters. The predicted molar refractivity (Wildman–Crippen MR) is 187 cm³/mol. The first-order chi connectivity index (χ1) is 25.9. The molecule has 0 aromatic heterocycles. The van der Waals surface area contributed by atoms with Crippen LogP contribution in [0.25, 0.3) is 6.08 Å². The summed E-state index contributed by atoms with van der Waals surface area (Å²) >= 11 is 0. The Morgan fingerprint density at radius 3 is 2.43 bits per heavy atom. The van der Waals surface area contributed by atoms with Crippen LogP contribution in [0.5, 0.6) is 0 Å². The minimum atomic E-state index is -1.57. The smallest absolute Gasteiger partial charge is 0.338 e. The minimum Gasteiger partial charge on any atom is -0.456 e. The van der Waals surface area contributed by atoms with Gasteiger partial charge in [-0.3, -0.25) is 9.59 Å². The minimum absolute atomic E-state index is 0.0645. The van der Waals surface area contributed by atoms with Gasteiger partial charge in [-0.25, -0.2) is 4.79 Å². The average molecular weight is 755 g/mol. The van der Waals surface area contributed by atoms with E-state index in [1.165, 1.54) is 6.92 Å². The quantitative estimate of drug-likeness (QED) is 0.110. The zero-order chi connectivity index (χ0) is 38.6. The number of nitrogens with one attached hydrogen (secondary N) is 2. The van der Waals surface area contributed by atoms with Crippen molar-refractivity contribution in [3.63, 3.8) is 0 Å². The Kier molecular flexibility index (Phi) is 12.6. The molecule has 2 aliphatic heterocycles. The normalized spacial score (nSPS) is 29.6. The maximum Gasteiger partial charge on any atom is 0.338 e. The van der Waals surface area contributed by atoms with Gasteiger partial charge in [0.1, 0.15) is 48.8 Å². The lowest BCUT2D eigenvalue weighted by Crippen LogP contribution is -2.59. The van der Waals surface area contributed by atoms with Gasteiger partial charge < -0.3 is 65.0 Å². The second-order valence-electron chi connectivity index (χ2n) is 13.8.